The molecule has 4 aromatic rings. The minimum Gasteiger partial charge on any atom is -0.344 e. The highest BCUT2D eigenvalue weighted by Gasteiger charge is 2.23. The number of hydrogen-bond donors (Lipinski definition) is 1. The quantitative estimate of drug-likeness (QED) is 0.592. The van der Waals surface area contributed by atoms with Crippen molar-refractivity contribution in [2.45, 2.75) is 39.2 Å². The van der Waals surface area contributed by atoms with E-state index in [1.54, 1.807) is 22.0 Å². The van der Waals surface area contributed by atoms with Crippen molar-refractivity contribution in [1.29, 1.82) is 0 Å². The van der Waals surface area contributed by atoms with E-state index < -0.39 is 0 Å². The molecular weight excluding hydrogens is 360 g/mol. The number of thiophene rings is 1. The van der Waals surface area contributed by atoms with Gasteiger partial charge < -0.3 is 5.32 Å². The third-order valence-corrected chi connectivity index (χ3v) is 6.10. The first-order valence-electron chi connectivity index (χ1n) is 9.06. The Kier molecular flexibility index (Phi) is 3.86. The maximum Gasteiger partial charge on any atom is 0.291 e. The molecule has 0 aliphatic heterocycles. The standard InChI is InChI=1S/C19H18N6OS/c1-11-22-19-15(13-7-2-3-8-14(13)27-19)17-23-16(24-25(11)17)18(26)21-10-12-6-4-5-9-20-12/h4-6,9H,2-3,7-8,10H2,1H3,(H,21,26). The fraction of sp³-hybridized carbons (Fsp3) is 0.316. The van der Waals surface area contributed by atoms with Gasteiger partial charge in [-0.15, -0.1) is 16.4 Å². The van der Waals surface area contributed by atoms with Gasteiger partial charge in [0.15, 0.2) is 5.65 Å². The maximum atomic E-state index is 12.6. The monoisotopic (exact) mass is 378 g/mol. The summed E-state index contributed by atoms with van der Waals surface area (Å²) < 4.78 is 1.69. The third-order valence-electron chi connectivity index (χ3n) is 4.91. The molecular formula is C19H18N6OS. The molecule has 27 heavy (non-hydrogen) atoms. The van der Waals surface area contributed by atoms with Crippen LogP contribution in [0.4, 0.5) is 0 Å². The predicted octanol–water partition coefficient (Wildman–Crippen LogP) is 2.85. The van der Waals surface area contributed by atoms with Gasteiger partial charge in [0.05, 0.1) is 17.6 Å². The van der Waals surface area contributed by atoms with Gasteiger partial charge in [-0.2, -0.15) is 4.52 Å². The molecule has 0 spiro atoms. The Labute approximate surface area is 159 Å². The van der Waals surface area contributed by atoms with Gasteiger partial charge in [-0.25, -0.2) is 9.97 Å². The van der Waals surface area contributed by atoms with Gasteiger partial charge in [0.25, 0.3) is 5.91 Å². The molecule has 0 aromatic carbocycles. The molecule has 4 aromatic heterocycles. The molecule has 8 heteroatoms. The lowest BCUT2D eigenvalue weighted by molar-refractivity contribution is 0.0940. The molecule has 5 rings (SSSR count). The first-order chi connectivity index (χ1) is 13.2. The van der Waals surface area contributed by atoms with Crippen LogP contribution in [-0.4, -0.2) is 30.5 Å². The van der Waals surface area contributed by atoms with Crippen molar-refractivity contribution in [2.75, 3.05) is 0 Å². The fourth-order valence-corrected chi connectivity index (χ4v) is 4.90. The number of carbonyl (C=O) groups excluding carboxylic acids is 1. The lowest BCUT2D eigenvalue weighted by Crippen LogP contribution is -2.24. The molecule has 1 aliphatic carbocycles. The molecule has 0 saturated heterocycles. The number of fused-ring (bicyclic) bond motifs is 5. The third kappa shape index (κ3) is 2.76. The minimum atomic E-state index is -0.305. The van der Waals surface area contributed by atoms with E-state index in [1.807, 2.05) is 25.1 Å². The highest BCUT2D eigenvalue weighted by molar-refractivity contribution is 7.19. The number of aryl methyl sites for hydroxylation is 3. The topological polar surface area (TPSA) is 85.1 Å². The summed E-state index contributed by atoms with van der Waals surface area (Å²) in [6.07, 6.45) is 6.26. The highest BCUT2D eigenvalue weighted by Crippen LogP contribution is 2.37. The second-order valence-electron chi connectivity index (χ2n) is 6.72. The van der Waals surface area contributed by atoms with Crippen LogP contribution in [0.2, 0.25) is 0 Å². The zero-order valence-corrected chi connectivity index (χ0v) is 15.7. The Balaban J connectivity index is 1.54. The van der Waals surface area contributed by atoms with E-state index in [4.69, 9.17) is 4.98 Å². The molecule has 136 valence electrons. The number of rotatable bonds is 3. The molecule has 1 aliphatic rings. The number of carbonyl (C=O) groups is 1. The van der Waals surface area contributed by atoms with Gasteiger partial charge in [-0.05, 0) is 50.3 Å². The van der Waals surface area contributed by atoms with E-state index in [0.29, 0.717) is 6.54 Å². The number of aromatic nitrogens is 5. The lowest BCUT2D eigenvalue weighted by Gasteiger charge is -2.10. The highest BCUT2D eigenvalue weighted by atomic mass is 32.1. The first-order valence-corrected chi connectivity index (χ1v) is 9.88. The molecule has 0 fully saturated rings. The number of nitrogens with zero attached hydrogens (tertiary/aromatic N) is 5. The molecule has 0 atom stereocenters. The molecule has 1 amide bonds. The normalized spacial score (nSPS) is 13.8. The van der Waals surface area contributed by atoms with Crippen molar-refractivity contribution >= 4 is 33.1 Å². The van der Waals surface area contributed by atoms with E-state index in [9.17, 15) is 4.79 Å². The van der Waals surface area contributed by atoms with Crippen molar-refractivity contribution in [1.82, 2.24) is 29.9 Å². The Bertz CT molecular complexity index is 1160. The second kappa shape index (κ2) is 6.38. The maximum absolute atomic E-state index is 12.6. The summed E-state index contributed by atoms with van der Waals surface area (Å²) in [5.41, 5.74) is 2.87. The average molecular weight is 378 g/mol. The predicted molar refractivity (Wildman–Crippen MR) is 103 cm³/mol. The van der Waals surface area contributed by atoms with Crippen LogP contribution in [0.25, 0.3) is 15.9 Å². The second-order valence-corrected chi connectivity index (χ2v) is 7.81. The van der Waals surface area contributed by atoms with E-state index >= 15 is 0 Å². The van der Waals surface area contributed by atoms with E-state index in [0.717, 1.165) is 40.2 Å². The fourth-order valence-electron chi connectivity index (χ4n) is 3.60. The number of hydrogen-bond acceptors (Lipinski definition) is 6. The van der Waals surface area contributed by atoms with Gasteiger partial charge in [0.1, 0.15) is 10.7 Å². The van der Waals surface area contributed by atoms with Crippen LogP contribution in [-0.2, 0) is 19.4 Å². The van der Waals surface area contributed by atoms with Crippen molar-refractivity contribution in [2.24, 2.45) is 0 Å². The zero-order valence-electron chi connectivity index (χ0n) is 14.9. The lowest BCUT2D eigenvalue weighted by atomic mass is 9.97. The Morgan fingerprint density at radius 2 is 2.15 bits per heavy atom. The Hall–Kier alpha value is -2.87. The van der Waals surface area contributed by atoms with Gasteiger partial charge in [0.2, 0.25) is 5.82 Å². The van der Waals surface area contributed by atoms with E-state index in [1.165, 1.54) is 23.3 Å². The molecule has 0 unspecified atom stereocenters. The van der Waals surface area contributed by atoms with Crippen molar-refractivity contribution in [3.05, 3.63) is 52.2 Å². The Morgan fingerprint density at radius 3 is 3.00 bits per heavy atom. The summed E-state index contributed by atoms with van der Waals surface area (Å²) in [4.78, 5) is 28.5. The molecule has 7 nitrogen and oxygen atoms in total. The zero-order chi connectivity index (χ0) is 18.4. The SMILES string of the molecule is Cc1nc2sc3c(c2c2nc(C(=O)NCc4ccccn4)nn12)CCCC3. The van der Waals surface area contributed by atoms with Gasteiger partial charge >= 0.3 is 0 Å². The van der Waals surface area contributed by atoms with E-state index in [2.05, 4.69) is 20.4 Å². The van der Waals surface area contributed by atoms with Gasteiger partial charge in [0, 0.05) is 11.1 Å². The molecule has 0 bridgehead atoms. The number of nitrogens with one attached hydrogen (secondary N) is 1. The van der Waals surface area contributed by atoms with Crippen molar-refractivity contribution in [3.63, 3.8) is 0 Å². The summed E-state index contributed by atoms with van der Waals surface area (Å²) in [7, 11) is 0. The largest absolute Gasteiger partial charge is 0.344 e. The van der Waals surface area contributed by atoms with E-state index in [-0.39, 0.29) is 11.7 Å². The van der Waals surface area contributed by atoms with Crippen LogP contribution in [0, 0.1) is 6.92 Å². The van der Waals surface area contributed by atoms with Crippen LogP contribution in [0.15, 0.2) is 24.4 Å². The number of pyridine rings is 1. The van der Waals surface area contributed by atoms with Crippen molar-refractivity contribution in [3.8, 4) is 0 Å². The molecule has 4 heterocycles. The smallest absolute Gasteiger partial charge is 0.291 e. The van der Waals surface area contributed by atoms with Crippen LogP contribution >= 0.6 is 11.3 Å². The van der Waals surface area contributed by atoms with Crippen LogP contribution in [0.5, 0.6) is 0 Å². The summed E-state index contributed by atoms with van der Waals surface area (Å²) in [6.45, 7) is 2.24. The summed E-state index contributed by atoms with van der Waals surface area (Å²) >= 11 is 1.75. The van der Waals surface area contributed by atoms with Gasteiger partial charge in [-0.1, -0.05) is 6.07 Å². The molecule has 1 N–H and O–H groups in total. The number of amides is 1. The van der Waals surface area contributed by atoms with Crippen molar-refractivity contribution < 1.29 is 4.79 Å². The first kappa shape index (κ1) is 16.3. The Morgan fingerprint density at radius 1 is 1.26 bits per heavy atom. The van der Waals surface area contributed by atoms with Crippen LogP contribution in [0.3, 0.4) is 0 Å². The average Bonchev–Trinajstić information content (AvgIpc) is 3.28. The summed E-state index contributed by atoms with van der Waals surface area (Å²) in [5, 5.41) is 8.33. The van der Waals surface area contributed by atoms with Crippen LogP contribution < -0.4 is 5.32 Å². The summed E-state index contributed by atoms with van der Waals surface area (Å²) in [5.74, 6) is 0.604. The van der Waals surface area contributed by atoms with Gasteiger partial charge in [-0.3, -0.25) is 9.78 Å². The summed E-state index contributed by atoms with van der Waals surface area (Å²) in [6, 6.07) is 5.60. The molecule has 0 radical (unpaired) electrons. The minimum absolute atomic E-state index is 0.166. The molecule has 0 saturated carbocycles. The van der Waals surface area contributed by atoms with Crippen LogP contribution in [0.1, 0.15) is 45.4 Å².